The molecule has 1 heterocycles. The van der Waals surface area contributed by atoms with E-state index in [9.17, 15) is 0 Å². The Labute approximate surface area is 162 Å². The molecule has 1 saturated heterocycles. The van der Waals surface area contributed by atoms with Crippen molar-refractivity contribution in [2.75, 3.05) is 25.5 Å². The minimum absolute atomic E-state index is 0.398. The molecule has 0 amide bonds. The van der Waals surface area contributed by atoms with Crippen molar-refractivity contribution in [2.24, 2.45) is 16.6 Å². The van der Waals surface area contributed by atoms with Crippen molar-refractivity contribution < 1.29 is 4.74 Å². The number of hydrogen-bond acceptors (Lipinski definition) is 3. The standard InChI is InChI=1S/C22H30N4O/c1-17-5-4-12-26(15-17)16-19-10-8-18(9-11-19)14-24-22(23)25-20-6-3-7-21(13-20)27-2/h3,6-11,13,17H,4-5,12,14-16H2,1-2H3,(H3,23,24,25). The first-order chi connectivity index (χ1) is 13.1. The van der Waals surface area contributed by atoms with Gasteiger partial charge in [0, 0.05) is 24.8 Å². The Morgan fingerprint density at radius 3 is 2.74 bits per heavy atom. The van der Waals surface area contributed by atoms with Crippen LogP contribution in [-0.4, -0.2) is 31.1 Å². The van der Waals surface area contributed by atoms with Gasteiger partial charge in [-0.15, -0.1) is 0 Å². The van der Waals surface area contributed by atoms with Gasteiger partial charge in [-0.25, -0.2) is 4.99 Å². The summed E-state index contributed by atoms with van der Waals surface area (Å²) in [4.78, 5) is 6.99. The number of nitrogens with one attached hydrogen (secondary N) is 1. The second kappa shape index (κ2) is 9.42. The van der Waals surface area contributed by atoms with Gasteiger partial charge in [0.15, 0.2) is 5.96 Å². The average Bonchev–Trinajstić information content (AvgIpc) is 2.68. The Morgan fingerprint density at radius 2 is 2.00 bits per heavy atom. The molecule has 0 radical (unpaired) electrons. The van der Waals surface area contributed by atoms with Crippen molar-refractivity contribution in [1.82, 2.24) is 4.90 Å². The first-order valence-corrected chi connectivity index (χ1v) is 9.63. The third kappa shape index (κ3) is 6.00. The molecule has 0 bridgehead atoms. The molecule has 5 nitrogen and oxygen atoms in total. The number of aliphatic imine (C=N–C) groups is 1. The van der Waals surface area contributed by atoms with E-state index in [-0.39, 0.29) is 0 Å². The Morgan fingerprint density at radius 1 is 1.22 bits per heavy atom. The van der Waals surface area contributed by atoms with Gasteiger partial charge in [0.05, 0.1) is 13.7 Å². The van der Waals surface area contributed by atoms with Crippen LogP contribution < -0.4 is 15.8 Å². The largest absolute Gasteiger partial charge is 0.497 e. The molecule has 0 spiro atoms. The van der Waals surface area contributed by atoms with Crippen LogP contribution in [0.15, 0.2) is 53.5 Å². The summed E-state index contributed by atoms with van der Waals surface area (Å²) in [6.45, 7) is 6.36. The monoisotopic (exact) mass is 366 g/mol. The van der Waals surface area contributed by atoms with Crippen LogP contribution in [0.3, 0.4) is 0 Å². The fraction of sp³-hybridized carbons (Fsp3) is 0.409. The zero-order chi connectivity index (χ0) is 19.1. The maximum absolute atomic E-state index is 6.00. The van der Waals surface area contributed by atoms with E-state index in [1.54, 1.807) is 7.11 Å². The molecular formula is C22H30N4O. The Balaban J connectivity index is 1.52. The smallest absolute Gasteiger partial charge is 0.193 e. The molecule has 144 valence electrons. The normalized spacial score (nSPS) is 18.3. The second-order valence-electron chi connectivity index (χ2n) is 7.36. The quantitative estimate of drug-likeness (QED) is 0.602. The van der Waals surface area contributed by atoms with E-state index in [4.69, 9.17) is 10.5 Å². The molecule has 1 aliphatic rings. The Hall–Kier alpha value is -2.53. The molecule has 3 N–H and O–H groups in total. The highest BCUT2D eigenvalue weighted by molar-refractivity contribution is 5.92. The number of likely N-dealkylation sites (tertiary alicyclic amines) is 1. The van der Waals surface area contributed by atoms with Crippen LogP contribution >= 0.6 is 0 Å². The van der Waals surface area contributed by atoms with Gasteiger partial charge >= 0.3 is 0 Å². The highest BCUT2D eigenvalue weighted by Gasteiger charge is 2.15. The number of piperidine rings is 1. The molecule has 0 aliphatic carbocycles. The maximum Gasteiger partial charge on any atom is 0.193 e. The van der Waals surface area contributed by atoms with Crippen molar-refractivity contribution in [3.8, 4) is 5.75 Å². The van der Waals surface area contributed by atoms with E-state index >= 15 is 0 Å². The molecule has 27 heavy (non-hydrogen) atoms. The van der Waals surface area contributed by atoms with Crippen molar-refractivity contribution in [3.05, 3.63) is 59.7 Å². The SMILES string of the molecule is COc1cccc(NC(N)=NCc2ccc(CN3CCCC(C)C3)cc2)c1. The van der Waals surface area contributed by atoms with Gasteiger partial charge in [-0.3, -0.25) is 4.90 Å². The highest BCUT2D eigenvalue weighted by Crippen LogP contribution is 2.18. The summed E-state index contributed by atoms with van der Waals surface area (Å²) < 4.78 is 5.21. The molecule has 5 heteroatoms. The Bertz CT molecular complexity index is 757. The number of benzene rings is 2. The van der Waals surface area contributed by atoms with E-state index < -0.39 is 0 Å². The second-order valence-corrected chi connectivity index (χ2v) is 7.36. The lowest BCUT2D eigenvalue weighted by molar-refractivity contribution is 0.176. The number of nitrogens with two attached hydrogens (primary N) is 1. The number of rotatable bonds is 6. The third-order valence-electron chi connectivity index (χ3n) is 4.94. The molecule has 2 aromatic rings. The maximum atomic E-state index is 6.00. The van der Waals surface area contributed by atoms with Gasteiger partial charge in [0.2, 0.25) is 0 Å². The van der Waals surface area contributed by atoms with E-state index in [0.29, 0.717) is 12.5 Å². The first-order valence-electron chi connectivity index (χ1n) is 9.63. The van der Waals surface area contributed by atoms with Crippen LogP contribution in [0, 0.1) is 5.92 Å². The summed E-state index contributed by atoms with van der Waals surface area (Å²) in [5.41, 5.74) is 9.38. The number of anilines is 1. The summed E-state index contributed by atoms with van der Waals surface area (Å²) in [5.74, 6) is 1.99. The molecule has 1 fully saturated rings. The molecular weight excluding hydrogens is 336 g/mol. The first kappa shape index (κ1) is 19.2. The van der Waals surface area contributed by atoms with Crippen molar-refractivity contribution in [2.45, 2.75) is 32.9 Å². The van der Waals surface area contributed by atoms with Gasteiger partial charge in [-0.2, -0.15) is 0 Å². The molecule has 1 aliphatic heterocycles. The fourth-order valence-corrected chi connectivity index (χ4v) is 3.50. The highest BCUT2D eigenvalue weighted by atomic mass is 16.5. The van der Waals surface area contributed by atoms with Crippen molar-refractivity contribution in [3.63, 3.8) is 0 Å². The molecule has 0 saturated carbocycles. The van der Waals surface area contributed by atoms with Gasteiger partial charge in [0.25, 0.3) is 0 Å². The van der Waals surface area contributed by atoms with Gasteiger partial charge < -0.3 is 15.8 Å². The number of methoxy groups -OCH3 is 1. The van der Waals surface area contributed by atoms with Crippen LogP contribution in [-0.2, 0) is 13.1 Å². The molecule has 2 aromatic carbocycles. The summed E-state index contributed by atoms with van der Waals surface area (Å²) in [5, 5.41) is 3.10. The zero-order valence-corrected chi connectivity index (χ0v) is 16.3. The predicted octanol–water partition coefficient (Wildman–Crippen LogP) is 3.85. The van der Waals surface area contributed by atoms with Crippen LogP contribution in [0.5, 0.6) is 5.75 Å². The molecule has 3 rings (SSSR count). The molecule has 1 atom stereocenters. The van der Waals surface area contributed by atoms with Gasteiger partial charge in [0.1, 0.15) is 5.75 Å². The van der Waals surface area contributed by atoms with Crippen molar-refractivity contribution in [1.29, 1.82) is 0 Å². The summed E-state index contributed by atoms with van der Waals surface area (Å²) in [6.07, 6.45) is 2.67. The fourth-order valence-electron chi connectivity index (χ4n) is 3.50. The van der Waals surface area contributed by atoms with E-state index in [2.05, 4.69) is 46.4 Å². The van der Waals surface area contributed by atoms with Gasteiger partial charge in [-0.1, -0.05) is 37.3 Å². The third-order valence-corrected chi connectivity index (χ3v) is 4.94. The van der Waals surface area contributed by atoms with Crippen LogP contribution in [0.1, 0.15) is 30.9 Å². The van der Waals surface area contributed by atoms with Crippen LogP contribution in [0.4, 0.5) is 5.69 Å². The molecule has 1 unspecified atom stereocenters. The minimum atomic E-state index is 0.398. The molecule has 0 aromatic heterocycles. The summed E-state index contributed by atoms with van der Waals surface area (Å²) in [7, 11) is 1.64. The summed E-state index contributed by atoms with van der Waals surface area (Å²) in [6, 6.07) is 16.3. The lowest BCUT2D eigenvalue weighted by Crippen LogP contribution is -2.33. The van der Waals surface area contributed by atoms with Crippen LogP contribution in [0.2, 0.25) is 0 Å². The predicted molar refractivity (Wildman–Crippen MR) is 112 cm³/mol. The number of hydrogen-bond donors (Lipinski definition) is 2. The Kier molecular flexibility index (Phi) is 6.71. The van der Waals surface area contributed by atoms with E-state index in [1.165, 1.54) is 31.5 Å². The van der Waals surface area contributed by atoms with Gasteiger partial charge in [-0.05, 0) is 48.6 Å². The van der Waals surface area contributed by atoms with E-state index in [0.717, 1.165) is 29.5 Å². The number of ether oxygens (including phenoxy) is 1. The lowest BCUT2D eigenvalue weighted by atomic mass is 9.99. The average molecular weight is 367 g/mol. The van der Waals surface area contributed by atoms with Crippen LogP contribution in [0.25, 0.3) is 0 Å². The summed E-state index contributed by atoms with van der Waals surface area (Å²) >= 11 is 0. The topological polar surface area (TPSA) is 62.9 Å². The van der Waals surface area contributed by atoms with Crippen molar-refractivity contribution >= 4 is 11.6 Å². The number of nitrogens with zero attached hydrogens (tertiary/aromatic N) is 2. The minimum Gasteiger partial charge on any atom is -0.497 e. The van der Waals surface area contributed by atoms with E-state index in [1.807, 2.05) is 24.3 Å². The number of guanidine groups is 1. The lowest BCUT2D eigenvalue weighted by Gasteiger charge is -2.30. The zero-order valence-electron chi connectivity index (χ0n) is 16.3.